The van der Waals surface area contributed by atoms with Crippen LogP contribution in [0.5, 0.6) is 5.75 Å². The van der Waals surface area contributed by atoms with Gasteiger partial charge in [-0.2, -0.15) is 0 Å². The highest BCUT2D eigenvalue weighted by molar-refractivity contribution is 14.1. The zero-order chi connectivity index (χ0) is 13.8. The summed E-state index contributed by atoms with van der Waals surface area (Å²) in [5, 5.41) is 12.3. The van der Waals surface area contributed by atoms with Gasteiger partial charge in [0.2, 0.25) is 0 Å². The van der Waals surface area contributed by atoms with E-state index in [1.54, 1.807) is 24.3 Å². The van der Waals surface area contributed by atoms with Gasteiger partial charge in [0.15, 0.2) is 0 Å². The lowest BCUT2D eigenvalue weighted by Crippen LogP contribution is -2.22. The normalized spacial score (nSPS) is 10.2. The van der Waals surface area contributed by atoms with Gasteiger partial charge in [0.05, 0.1) is 5.56 Å². The maximum absolute atomic E-state index is 12.7. The van der Waals surface area contributed by atoms with Gasteiger partial charge in [-0.05, 0) is 58.5 Å². The highest BCUT2D eigenvalue weighted by Crippen LogP contribution is 2.19. The number of nitrogens with one attached hydrogen (secondary N) is 1. The molecule has 2 rings (SSSR count). The quantitative estimate of drug-likeness (QED) is 0.815. The van der Waals surface area contributed by atoms with Crippen molar-refractivity contribution in [2.45, 2.75) is 6.54 Å². The van der Waals surface area contributed by atoms with Gasteiger partial charge in [-0.1, -0.05) is 12.1 Å². The lowest BCUT2D eigenvalue weighted by molar-refractivity contribution is 0.0948. The molecule has 0 spiro atoms. The van der Waals surface area contributed by atoms with Crippen LogP contribution in [0.4, 0.5) is 4.39 Å². The van der Waals surface area contributed by atoms with Gasteiger partial charge in [-0.15, -0.1) is 0 Å². The van der Waals surface area contributed by atoms with Crippen LogP contribution in [0, 0.1) is 9.39 Å². The molecule has 0 heterocycles. The summed E-state index contributed by atoms with van der Waals surface area (Å²) in [5.74, 6) is -0.734. The molecular weight excluding hydrogens is 360 g/mol. The molecule has 3 nitrogen and oxygen atoms in total. The summed E-state index contributed by atoms with van der Waals surface area (Å²) < 4.78 is 13.6. The summed E-state index contributed by atoms with van der Waals surface area (Å²) in [6.07, 6.45) is 0. The van der Waals surface area contributed by atoms with E-state index in [1.165, 1.54) is 18.2 Å². The first-order valence-electron chi connectivity index (χ1n) is 5.57. The van der Waals surface area contributed by atoms with Crippen molar-refractivity contribution < 1.29 is 14.3 Å². The Morgan fingerprint density at radius 1 is 1.21 bits per heavy atom. The Hall–Kier alpha value is -1.63. The predicted molar refractivity (Wildman–Crippen MR) is 78.4 cm³/mol. The van der Waals surface area contributed by atoms with Gasteiger partial charge in [0.25, 0.3) is 5.91 Å². The highest BCUT2D eigenvalue weighted by atomic mass is 127. The molecule has 0 aliphatic heterocycles. The fraction of sp³-hybridized carbons (Fsp3) is 0.0714. The number of carbonyl (C=O) groups excluding carboxylic acids is 1. The van der Waals surface area contributed by atoms with Crippen molar-refractivity contribution in [2.75, 3.05) is 0 Å². The molecule has 0 aliphatic rings. The standard InChI is InChI=1S/C14H11FINO2/c15-10-3-1-9(2-4-10)8-17-14(19)12-7-11(16)5-6-13(12)18/h1-7,18H,8H2,(H,17,19). The molecule has 0 fully saturated rings. The zero-order valence-corrected chi connectivity index (χ0v) is 12.0. The summed E-state index contributed by atoms with van der Waals surface area (Å²) in [6.45, 7) is 0.282. The largest absolute Gasteiger partial charge is 0.507 e. The average molecular weight is 371 g/mol. The first-order chi connectivity index (χ1) is 9.06. The Kier molecular flexibility index (Phi) is 4.36. The van der Waals surface area contributed by atoms with E-state index in [-0.39, 0.29) is 29.6 Å². The van der Waals surface area contributed by atoms with Crippen molar-refractivity contribution in [2.24, 2.45) is 0 Å². The second kappa shape index (κ2) is 6.01. The molecule has 5 heteroatoms. The molecule has 0 unspecified atom stereocenters. The number of hydrogen-bond donors (Lipinski definition) is 2. The number of benzene rings is 2. The van der Waals surface area contributed by atoms with Gasteiger partial charge >= 0.3 is 0 Å². The highest BCUT2D eigenvalue weighted by Gasteiger charge is 2.11. The van der Waals surface area contributed by atoms with Crippen LogP contribution in [0.25, 0.3) is 0 Å². The van der Waals surface area contributed by atoms with Crippen LogP contribution in [0.3, 0.4) is 0 Å². The fourth-order valence-corrected chi connectivity index (χ4v) is 2.06. The van der Waals surface area contributed by atoms with Crippen LogP contribution >= 0.6 is 22.6 Å². The fourth-order valence-electron chi connectivity index (χ4n) is 1.57. The third-order valence-corrected chi connectivity index (χ3v) is 3.24. The molecule has 2 aromatic carbocycles. The predicted octanol–water partition coefficient (Wildman–Crippen LogP) is 3.07. The number of phenols is 1. The Morgan fingerprint density at radius 3 is 2.58 bits per heavy atom. The molecule has 0 bridgehead atoms. The second-order valence-corrected chi connectivity index (χ2v) is 5.22. The van der Waals surface area contributed by atoms with E-state index in [9.17, 15) is 14.3 Å². The lowest BCUT2D eigenvalue weighted by Gasteiger charge is -2.07. The van der Waals surface area contributed by atoms with Gasteiger partial charge in [-0.3, -0.25) is 4.79 Å². The van der Waals surface area contributed by atoms with Crippen LogP contribution in [0.1, 0.15) is 15.9 Å². The van der Waals surface area contributed by atoms with Crippen LogP contribution in [-0.2, 0) is 6.54 Å². The molecule has 0 saturated heterocycles. The van der Waals surface area contributed by atoms with Crippen molar-refractivity contribution in [3.8, 4) is 5.75 Å². The SMILES string of the molecule is O=C(NCc1ccc(F)cc1)c1cc(I)ccc1O. The Labute approximate surface area is 123 Å². The van der Waals surface area contributed by atoms with Crippen molar-refractivity contribution in [1.82, 2.24) is 5.32 Å². The molecule has 0 saturated carbocycles. The number of halogens is 2. The number of amides is 1. The minimum atomic E-state index is -0.361. The number of hydrogen-bond acceptors (Lipinski definition) is 2. The van der Waals surface area contributed by atoms with Crippen LogP contribution in [0.2, 0.25) is 0 Å². The number of carbonyl (C=O) groups is 1. The molecule has 19 heavy (non-hydrogen) atoms. The maximum Gasteiger partial charge on any atom is 0.255 e. The first-order valence-corrected chi connectivity index (χ1v) is 6.65. The van der Waals surface area contributed by atoms with Crippen LogP contribution in [-0.4, -0.2) is 11.0 Å². The molecule has 1 amide bonds. The van der Waals surface area contributed by atoms with E-state index in [4.69, 9.17) is 0 Å². The third-order valence-electron chi connectivity index (χ3n) is 2.57. The number of phenolic OH excluding ortho intramolecular Hbond substituents is 1. The molecule has 0 radical (unpaired) electrons. The number of aromatic hydroxyl groups is 1. The van der Waals surface area contributed by atoms with E-state index < -0.39 is 0 Å². The molecule has 98 valence electrons. The van der Waals surface area contributed by atoms with Crippen molar-refractivity contribution >= 4 is 28.5 Å². The van der Waals surface area contributed by atoms with Crippen LogP contribution < -0.4 is 5.32 Å². The second-order valence-electron chi connectivity index (χ2n) is 3.97. The minimum Gasteiger partial charge on any atom is -0.507 e. The zero-order valence-electron chi connectivity index (χ0n) is 9.86. The maximum atomic E-state index is 12.7. The summed E-state index contributed by atoms with van der Waals surface area (Å²) in [5.41, 5.74) is 1.02. The smallest absolute Gasteiger partial charge is 0.255 e. The van der Waals surface area contributed by atoms with E-state index >= 15 is 0 Å². The average Bonchev–Trinajstić information content (AvgIpc) is 2.40. The number of rotatable bonds is 3. The first kappa shape index (κ1) is 13.8. The Bertz CT molecular complexity index is 599. The minimum absolute atomic E-state index is 0.0583. The van der Waals surface area contributed by atoms with Crippen LogP contribution in [0.15, 0.2) is 42.5 Å². The van der Waals surface area contributed by atoms with E-state index in [0.717, 1.165) is 9.13 Å². The molecule has 2 N–H and O–H groups in total. The molecule has 2 aromatic rings. The van der Waals surface area contributed by atoms with Gasteiger partial charge in [0.1, 0.15) is 11.6 Å². The monoisotopic (exact) mass is 371 g/mol. The van der Waals surface area contributed by atoms with E-state index in [2.05, 4.69) is 27.9 Å². The molecule has 0 atom stereocenters. The summed E-state index contributed by atoms with van der Waals surface area (Å²) in [6, 6.07) is 10.7. The van der Waals surface area contributed by atoms with Crippen molar-refractivity contribution in [1.29, 1.82) is 0 Å². The third kappa shape index (κ3) is 3.66. The van der Waals surface area contributed by atoms with Gasteiger partial charge in [0, 0.05) is 10.1 Å². The Balaban J connectivity index is 2.05. The molecule has 0 aromatic heterocycles. The van der Waals surface area contributed by atoms with Gasteiger partial charge in [-0.25, -0.2) is 4.39 Å². The summed E-state index contributed by atoms with van der Waals surface area (Å²) in [7, 11) is 0. The van der Waals surface area contributed by atoms with E-state index in [1.807, 2.05) is 0 Å². The topological polar surface area (TPSA) is 49.3 Å². The Morgan fingerprint density at radius 2 is 1.89 bits per heavy atom. The van der Waals surface area contributed by atoms with E-state index in [0.29, 0.717) is 0 Å². The summed E-state index contributed by atoms with van der Waals surface area (Å²) in [4.78, 5) is 11.9. The van der Waals surface area contributed by atoms with Crippen molar-refractivity contribution in [3.63, 3.8) is 0 Å². The molecule has 0 aliphatic carbocycles. The summed E-state index contributed by atoms with van der Waals surface area (Å²) >= 11 is 2.07. The lowest BCUT2D eigenvalue weighted by atomic mass is 10.1. The molecular formula is C14H11FINO2. The van der Waals surface area contributed by atoms with Crippen molar-refractivity contribution in [3.05, 3.63) is 63.0 Å². The van der Waals surface area contributed by atoms with Gasteiger partial charge < -0.3 is 10.4 Å².